The number of benzene rings is 1. The molecule has 0 N–H and O–H groups in total. The number of hydrogen-bond acceptors (Lipinski definition) is 4. The van der Waals surface area contributed by atoms with Crippen molar-refractivity contribution in [1.29, 1.82) is 0 Å². The highest BCUT2D eigenvalue weighted by molar-refractivity contribution is 7.89. The van der Waals surface area contributed by atoms with Crippen molar-refractivity contribution >= 4 is 21.0 Å². The standard InChI is InChI=1S/C13H13NO4S/c15-13-6-4-10-3-5-11(9-12(10)18-13)19(16,17)14-7-1-2-8-14/h3-6,9H,1-2,7-8H2. The van der Waals surface area contributed by atoms with Gasteiger partial charge in [0.2, 0.25) is 10.0 Å². The van der Waals surface area contributed by atoms with Crippen LogP contribution in [0.5, 0.6) is 0 Å². The summed E-state index contributed by atoms with van der Waals surface area (Å²) in [5, 5.41) is 0.708. The zero-order valence-electron chi connectivity index (χ0n) is 10.2. The van der Waals surface area contributed by atoms with Gasteiger partial charge in [-0.2, -0.15) is 4.31 Å². The minimum absolute atomic E-state index is 0.177. The number of sulfonamides is 1. The number of rotatable bonds is 2. The molecule has 0 bridgehead atoms. The molecule has 1 aromatic heterocycles. The van der Waals surface area contributed by atoms with Crippen LogP contribution in [0.15, 0.2) is 44.4 Å². The smallest absolute Gasteiger partial charge is 0.336 e. The number of nitrogens with zero attached hydrogens (tertiary/aromatic N) is 1. The van der Waals surface area contributed by atoms with Crippen LogP contribution in [-0.4, -0.2) is 25.8 Å². The summed E-state index contributed by atoms with van der Waals surface area (Å²) < 4.78 is 31.2. The topological polar surface area (TPSA) is 67.6 Å². The fourth-order valence-electron chi connectivity index (χ4n) is 2.28. The molecule has 1 aromatic carbocycles. The van der Waals surface area contributed by atoms with Gasteiger partial charge in [0.05, 0.1) is 4.90 Å². The zero-order valence-corrected chi connectivity index (χ0v) is 11.0. The first-order valence-electron chi connectivity index (χ1n) is 6.11. The van der Waals surface area contributed by atoms with E-state index < -0.39 is 15.6 Å². The lowest BCUT2D eigenvalue weighted by Crippen LogP contribution is -2.27. The minimum atomic E-state index is -3.47. The van der Waals surface area contributed by atoms with Crippen molar-refractivity contribution in [3.05, 3.63) is 40.8 Å². The normalized spacial score (nSPS) is 17.1. The van der Waals surface area contributed by atoms with E-state index in [-0.39, 0.29) is 4.90 Å². The molecule has 0 spiro atoms. The molecule has 0 unspecified atom stereocenters. The fraction of sp³-hybridized carbons (Fsp3) is 0.308. The molecule has 2 heterocycles. The second-order valence-corrected chi connectivity index (χ2v) is 6.50. The predicted molar refractivity (Wildman–Crippen MR) is 70.5 cm³/mol. The second kappa shape index (κ2) is 4.47. The van der Waals surface area contributed by atoms with Crippen molar-refractivity contribution in [3.63, 3.8) is 0 Å². The molecule has 0 radical (unpaired) electrons. The van der Waals surface area contributed by atoms with Gasteiger partial charge in [-0.05, 0) is 31.0 Å². The summed E-state index contributed by atoms with van der Waals surface area (Å²) >= 11 is 0. The van der Waals surface area contributed by atoms with Crippen LogP contribution in [0.1, 0.15) is 12.8 Å². The Kier molecular flexibility index (Phi) is 2.91. The van der Waals surface area contributed by atoms with Crippen LogP contribution >= 0.6 is 0 Å². The summed E-state index contributed by atoms with van der Waals surface area (Å²) in [5.74, 6) is 0. The summed E-state index contributed by atoms with van der Waals surface area (Å²) in [6.45, 7) is 1.11. The SMILES string of the molecule is O=c1ccc2ccc(S(=O)(=O)N3CCCC3)cc2o1. The Morgan fingerprint density at radius 3 is 2.47 bits per heavy atom. The van der Waals surface area contributed by atoms with Crippen LogP contribution in [0, 0.1) is 0 Å². The van der Waals surface area contributed by atoms with Crippen LogP contribution in [0.25, 0.3) is 11.0 Å². The van der Waals surface area contributed by atoms with Crippen molar-refractivity contribution in [1.82, 2.24) is 4.31 Å². The molecular formula is C13H13NO4S. The van der Waals surface area contributed by atoms with Gasteiger partial charge in [0, 0.05) is 30.6 Å². The Morgan fingerprint density at radius 2 is 1.74 bits per heavy atom. The van der Waals surface area contributed by atoms with Gasteiger partial charge in [-0.25, -0.2) is 13.2 Å². The Bertz CT molecular complexity index is 773. The zero-order chi connectivity index (χ0) is 13.5. The summed E-state index contributed by atoms with van der Waals surface area (Å²) in [7, 11) is -3.47. The fourth-order valence-corrected chi connectivity index (χ4v) is 3.81. The molecular weight excluding hydrogens is 266 g/mol. The van der Waals surface area contributed by atoms with E-state index in [9.17, 15) is 13.2 Å². The summed E-state index contributed by atoms with van der Waals surface area (Å²) in [4.78, 5) is 11.4. The molecule has 0 aliphatic carbocycles. The lowest BCUT2D eigenvalue weighted by atomic mass is 10.2. The van der Waals surface area contributed by atoms with E-state index in [1.54, 1.807) is 18.2 Å². The molecule has 1 fully saturated rings. The van der Waals surface area contributed by atoms with Gasteiger partial charge in [-0.1, -0.05) is 0 Å². The maximum absolute atomic E-state index is 12.4. The highest BCUT2D eigenvalue weighted by atomic mass is 32.2. The van der Waals surface area contributed by atoms with E-state index in [0.717, 1.165) is 12.8 Å². The van der Waals surface area contributed by atoms with Crippen molar-refractivity contribution in [2.75, 3.05) is 13.1 Å². The average molecular weight is 279 g/mol. The van der Waals surface area contributed by atoms with E-state index in [4.69, 9.17) is 4.42 Å². The summed E-state index contributed by atoms with van der Waals surface area (Å²) in [5.41, 5.74) is -0.184. The van der Waals surface area contributed by atoms with Crippen LogP contribution in [-0.2, 0) is 10.0 Å². The first-order chi connectivity index (χ1) is 9.07. The summed E-state index contributed by atoms with van der Waals surface area (Å²) in [6.07, 6.45) is 1.78. The molecule has 3 rings (SSSR count). The van der Waals surface area contributed by atoms with E-state index in [0.29, 0.717) is 24.1 Å². The Hall–Kier alpha value is -1.66. The molecule has 0 amide bonds. The first kappa shape index (κ1) is 12.4. The van der Waals surface area contributed by atoms with Crippen molar-refractivity contribution in [2.24, 2.45) is 0 Å². The average Bonchev–Trinajstić information content (AvgIpc) is 2.92. The molecule has 1 aliphatic heterocycles. The lowest BCUT2D eigenvalue weighted by Gasteiger charge is -2.15. The third-order valence-corrected chi connectivity index (χ3v) is 5.19. The van der Waals surface area contributed by atoms with Gasteiger partial charge >= 0.3 is 5.63 Å². The predicted octanol–water partition coefficient (Wildman–Crippen LogP) is 1.58. The van der Waals surface area contributed by atoms with Crippen molar-refractivity contribution < 1.29 is 12.8 Å². The molecule has 1 aliphatic rings. The van der Waals surface area contributed by atoms with E-state index in [1.165, 1.54) is 16.4 Å². The molecule has 19 heavy (non-hydrogen) atoms. The molecule has 100 valence electrons. The third kappa shape index (κ3) is 2.17. The molecule has 0 atom stereocenters. The Labute approximate surface area is 110 Å². The lowest BCUT2D eigenvalue weighted by molar-refractivity contribution is 0.477. The van der Waals surface area contributed by atoms with Crippen molar-refractivity contribution in [3.8, 4) is 0 Å². The molecule has 0 saturated carbocycles. The molecule has 6 heteroatoms. The maximum atomic E-state index is 12.4. The largest absolute Gasteiger partial charge is 0.423 e. The van der Waals surface area contributed by atoms with E-state index in [2.05, 4.69) is 0 Å². The highest BCUT2D eigenvalue weighted by Gasteiger charge is 2.27. The molecule has 2 aromatic rings. The van der Waals surface area contributed by atoms with Crippen molar-refractivity contribution in [2.45, 2.75) is 17.7 Å². The quantitative estimate of drug-likeness (QED) is 0.783. The second-order valence-electron chi connectivity index (χ2n) is 4.57. The Balaban J connectivity index is 2.12. The van der Waals surface area contributed by atoms with Crippen LogP contribution in [0.3, 0.4) is 0 Å². The van der Waals surface area contributed by atoms with Crippen LogP contribution < -0.4 is 5.63 Å². The van der Waals surface area contributed by atoms with Gasteiger partial charge in [0.25, 0.3) is 0 Å². The molecule has 1 saturated heterocycles. The maximum Gasteiger partial charge on any atom is 0.336 e. The first-order valence-corrected chi connectivity index (χ1v) is 7.55. The van der Waals surface area contributed by atoms with Crippen LogP contribution in [0.2, 0.25) is 0 Å². The van der Waals surface area contributed by atoms with Gasteiger partial charge in [-0.15, -0.1) is 0 Å². The highest BCUT2D eigenvalue weighted by Crippen LogP contribution is 2.23. The number of fused-ring (bicyclic) bond motifs is 1. The third-order valence-electron chi connectivity index (χ3n) is 3.30. The minimum Gasteiger partial charge on any atom is -0.423 e. The van der Waals surface area contributed by atoms with E-state index >= 15 is 0 Å². The van der Waals surface area contributed by atoms with E-state index in [1.807, 2.05) is 0 Å². The number of hydrogen-bond donors (Lipinski definition) is 0. The van der Waals surface area contributed by atoms with Gasteiger partial charge in [0.15, 0.2) is 0 Å². The summed E-state index contributed by atoms with van der Waals surface area (Å²) in [6, 6.07) is 7.56. The van der Waals surface area contributed by atoms with Gasteiger partial charge < -0.3 is 4.42 Å². The monoisotopic (exact) mass is 279 g/mol. The van der Waals surface area contributed by atoms with Gasteiger partial charge in [0.1, 0.15) is 5.58 Å². The van der Waals surface area contributed by atoms with Gasteiger partial charge in [-0.3, -0.25) is 0 Å². The van der Waals surface area contributed by atoms with Crippen LogP contribution in [0.4, 0.5) is 0 Å². The molecule has 5 nitrogen and oxygen atoms in total. The Morgan fingerprint density at radius 1 is 1.05 bits per heavy atom.